The molecule has 5 nitrogen and oxygen atoms in total. The van der Waals surface area contributed by atoms with Crippen LogP contribution >= 0.6 is 22.6 Å². The van der Waals surface area contributed by atoms with Gasteiger partial charge >= 0.3 is 0 Å². The van der Waals surface area contributed by atoms with Crippen LogP contribution in [0.25, 0.3) is 0 Å². The van der Waals surface area contributed by atoms with E-state index < -0.39 is 0 Å². The van der Waals surface area contributed by atoms with Crippen molar-refractivity contribution in [3.8, 4) is 0 Å². The van der Waals surface area contributed by atoms with Gasteiger partial charge in [0.05, 0.1) is 4.92 Å². The molecule has 20 heavy (non-hydrogen) atoms. The summed E-state index contributed by atoms with van der Waals surface area (Å²) >= 11 is 2.12. The minimum absolute atomic E-state index is 0.211. The molecule has 0 bridgehead atoms. The van der Waals surface area contributed by atoms with E-state index in [0.29, 0.717) is 6.04 Å². The zero-order chi connectivity index (χ0) is 14.5. The van der Waals surface area contributed by atoms with Crippen molar-refractivity contribution in [2.24, 2.45) is 0 Å². The molecule has 6 heteroatoms. The summed E-state index contributed by atoms with van der Waals surface area (Å²) in [6, 6.07) is 5.92. The van der Waals surface area contributed by atoms with Gasteiger partial charge in [0.15, 0.2) is 0 Å². The summed E-state index contributed by atoms with van der Waals surface area (Å²) in [5.41, 5.74) is 0.953. The first kappa shape index (κ1) is 15.5. The van der Waals surface area contributed by atoms with Gasteiger partial charge < -0.3 is 10.2 Å². The van der Waals surface area contributed by atoms with Crippen LogP contribution in [-0.4, -0.2) is 30.6 Å². The molecule has 1 saturated heterocycles. The van der Waals surface area contributed by atoms with Gasteiger partial charge in [0.2, 0.25) is 0 Å². The lowest BCUT2D eigenvalue weighted by atomic mass is 10.1. The van der Waals surface area contributed by atoms with E-state index in [-0.39, 0.29) is 10.6 Å². The molecule has 0 aliphatic carbocycles. The lowest BCUT2D eigenvalue weighted by molar-refractivity contribution is -0.384. The average Bonchev–Trinajstić information content (AvgIpc) is 2.91. The van der Waals surface area contributed by atoms with Crippen LogP contribution in [0.1, 0.15) is 26.2 Å². The fourth-order valence-corrected chi connectivity index (χ4v) is 3.14. The Balaban J connectivity index is 2.25. The van der Waals surface area contributed by atoms with Gasteiger partial charge in [0.1, 0.15) is 5.69 Å². The number of nitrogens with zero attached hydrogens (tertiary/aromatic N) is 2. The Morgan fingerprint density at radius 2 is 2.35 bits per heavy atom. The third-order valence-corrected chi connectivity index (χ3v) is 4.24. The Kier molecular flexibility index (Phi) is 5.59. The van der Waals surface area contributed by atoms with Gasteiger partial charge in [-0.1, -0.05) is 6.92 Å². The Bertz CT molecular complexity index is 475. The summed E-state index contributed by atoms with van der Waals surface area (Å²) < 4.78 is 0.897. The maximum absolute atomic E-state index is 11.3. The quantitative estimate of drug-likeness (QED) is 0.461. The van der Waals surface area contributed by atoms with Crippen LogP contribution in [0.2, 0.25) is 0 Å². The molecule has 0 saturated carbocycles. The van der Waals surface area contributed by atoms with Crippen molar-refractivity contribution in [3.05, 3.63) is 31.9 Å². The maximum atomic E-state index is 11.3. The highest BCUT2D eigenvalue weighted by molar-refractivity contribution is 14.1. The Morgan fingerprint density at radius 1 is 1.55 bits per heavy atom. The van der Waals surface area contributed by atoms with Crippen molar-refractivity contribution in [2.75, 3.05) is 24.5 Å². The van der Waals surface area contributed by atoms with Gasteiger partial charge in [-0.05, 0) is 60.5 Å². The molecule has 1 atom stereocenters. The number of hydrogen-bond acceptors (Lipinski definition) is 4. The van der Waals surface area contributed by atoms with Gasteiger partial charge in [-0.15, -0.1) is 0 Å². The molecule has 1 aromatic rings. The van der Waals surface area contributed by atoms with Gasteiger partial charge in [-0.2, -0.15) is 0 Å². The first-order valence-electron chi connectivity index (χ1n) is 7.04. The third-order valence-electron chi connectivity index (χ3n) is 3.57. The highest BCUT2D eigenvalue weighted by Crippen LogP contribution is 2.30. The normalized spacial score (nSPS) is 18.2. The number of rotatable bonds is 6. The molecule has 1 unspecified atom stereocenters. The standard InChI is InChI=1S/C14H20IN3O2/c1-2-8-17(10-12-4-3-7-16-12)13-6-5-11(15)9-14(13)18(19)20/h5-6,9,12,16H,2-4,7-8,10H2,1H3. The Morgan fingerprint density at radius 3 is 2.95 bits per heavy atom. The monoisotopic (exact) mass is 389 g/mol. The van der Waals surface area contributed by atoms with Crippen molar-refractivity contribution < 1.29 is 4.92 Å². The first-order valence-corrected chi connectivity index (χ1v) is 8.12. The smallest absolute Gasteiger partial charge is 0.293 e. The van der Waals surface area contributed by atoms with Crippen LogP contribution in [0, 0.1) is 13.7 Å². The Labute approximate surface area is 133 Å². The summed E-state index contributed by atoms with van der Waals surface area (Å²) in [4.78, 5) is 13.2. The third kappa shape index (κ3) is 3.82. The second-order valence-electron chi connectivity index (χ2n) is 5.13. The van der Waals surface area contributed by atoms with E-state index in [4.69, 9.17) is 0 Å². The van der Waals surface area contributed by atoms with E-state index in [0.717, 1.165) is 41.7 Å². The van der Waals surface area contributed by atoms with Crippen LogP contribution < -0.4 is 10.2 Å². The molecule has 1 aromatic carbocycles. The minimum Gasteiger partial charge on any atom is -0.364 e. The summed E-state index contributed by atoms with van der Waals surface area (Å²) in [5.74, 6) is 0. The predicted molar refractivity (Wildman–Crippen MR) is 89.3 cm³/mol. The molecule has 1 N–H and O–H groups in total. The molecule has 0 spiro atoms. The summed E-state index contributed by atoms with van der Waals surface area (Å²) in [6.07, 6.45) is 3.33. The van der Waals surface area contributed by atoms with Crippen LogP contribution in [0.4, 0.5) is 11.4 Å². The number of hydrogen-bond donors (Lipinski definition) is 1. The van der Waals surface area contributed by atoms with Gasteiger partial charge in [-0.25, -0.2) is 0 Å². The van der Waals surface area contributed by atoms with E-state index in [9.17, 15) is 10.1 Å². The number of anilines is 1. The Hall–Kier alpha value is -0.890. The fourth-order valence-electron chi connectivity index (χ4n) is 2.67. The molecular formula is C14H20IN3O2. The summed E-state index contributed by atoms with van der Waals surface area (Å²) in [6.45, 7) is 4.85. The molecule has 2 rings (SSSR count). The zero-order valence-corrected chi connectivity index (χ0v) is 13.8. The largest absolute Gasteiger partial charge is 0.364 e. The number of nitrogens with one attached hydrogen (secondary N) is 1. The zero-order valence-electron chi connectivity index (χ0n) is 11.6. The van der Waals surface area contributed by atoms with Crippen LogP contribution in [0.3, 0.4) is 0 Å². The van der Waals surface area contributed by atoms with Crippen molar-refractivity contribution in [2.45, 2.75) is 32.2 Å². The molecule has 1 aliphatic rings. The topological polar surface area (TPSA) is 58.4 Å². The minimum atomic E-state index is -0.276. The first-order chi connectivity index (χ1) is 9.61. The molecule has 0 amide bonds. The highest BCUT2D eigenvalue weighted by Gasteiger charge is 2.23. The van der Waals surface area contributed by atoms with Gasteiger partial charge in [0.25, 0.3) is 5.69 Å². The van der Waals surface area contributed by atoms with E-state index in [1.165, 1.54) is 6.42 Å². The molecule has 0 radical (unpaired) electrons. The lowest BCUT2D eigenvalue weighted by Gasteiger charge is -2.27. The van der Waals surface area contributed by atoms with Gasteiger partial charge in [-0.3, -0.25) is 10.1 Å². The number of benzene rings is 1. The van der Waals surface area contributed by atoms with Crippen LogP contribution in [0.5, 0.6) is 0 Å². The summed E-state index contributed by atoms with van der Waals surface area (Å²) in [5, 5.41) is 14.7. The molecule has 1 heterocycles. The molecule has 0 aromatic heterocycles. The lowest BCUT2D eigenvalue weighted by Crippen LogP contribution is -2.38. The fraction of sp³-hybridized carbons (Fsp3) is 0.571. The van der Waals surface area contributed by atoms with E-state index in [1.807, 2.05) is 12.1 Å². The number of halogens is 1. The maximum Gasteiger partial charge on any atom is 0.293 e. The average molecular weight is 389 g/mol. The van der Waals surface area contributed by atoms with E-state index >= 15 is 0 Å². The van der Waals surface area contributed by atoms with Crippen molar-refractivity contribution in [1.82, 2.24) is 5.32 Å². The molecular weight excluding hydrogens is 369 g/mol. The number of nitro benzene ring substituents is 1. The molecule has 110 valence electrons. The van der Waals surface area contributed by atoms with Crippen LogP contribution in [0.15, 0.2) is 18.2 Å². The second kappa shape index (κ2) is 7.21. The van der Waals surface area contributed by atoms with Crippen molar-refractivity contribution in [3.63, 3.8) is 0 Å². The van der Waals surface area contributed by atoms with Gasteiger partial charge in [0, 0.05) is 28.8 Å². The van der Waals surface area contributed by atoms with Crippen LogP contribution in [-0.2, 0) is 0 Å². The molecule has 1 fully saturated rings. The molecule has 1 aliphatic heterocycles. The predicted octanol–water partition coefficient (Wildman–Crippen LogP) is 3.17. The SMILES string of the molecule is CCCN(CC1CCCN1)c1ccc(I)cc1[N+](=O)[O-]. The van der Waals surface area contributed by atoms with E-state index in [2.05, 4.69) is 39.7 Å². The van der Waals surface area contributed by atoms with Crippen molar-refractivity contribution in [1.29, 1.82) is 0 Å². The number of nitro groups is 1. The van der Waals surface area contributed by atoms with E-state index in [1.54, 1.807) is 6.07 Å². The van der Waals surface area contributed by atoms with Crippen molar-refractivity contribution >= 4 is 34.0 Å². The second-order valence-corrected chi connectivity index (χ2v) is 6.38. The highest BCUT2D eigenvalue weighted by atomic mass is 127. The summed E-state index contributed by atoms with van der Waals surface area (Å²) in [7, 11) is 0.